The number of nitrogens with zero attached hydrogens (tertiary/aromatic N) is 4. The van der Waals surface area contributed by atoms with Crippen LogP contribution in [0.2, 0.25) is 5.15 Å². The second-order valence-electron chi connectivity index (χ2n) is 5.61. The Morgan fingerprint density at radius 2 is 2.05 bits per heavy atom. The van der Waals surface area contributed by atoms with Gasteiger partial charge in [0.25, 0.3) is 0 Å². The Balaban J connectivity index is 1.66. The predicted octanol–water partition coefficient (Wildman–Crippen LogP) is 3.76. The van der Waals surface area contributed by atoms with Crippen molar-refractivity contribution in [2.24, 2.45) is 0 Å². The molecule has 100 valence electrons. The molecule has 5 rings (SSSR count). The van der Waals surface area contributed by atoms with Crippen molar-refractivity contribution < 1.29 is 0 Å². The Bertz CT molecular complexity index is 824. The van der Waals surface area contributed by atoms with E-state index in [9.17, 15) is 0 Å². The first-order valence-corrected chi connectivity index (χ1v) is 8.04. The molecule has 6 heteroatoms. The summed E-state index contributed by atoms with van der Waals surface area (Å²) in [5.74, 6) is 1.31. The molecule has 2 bridgehead atoms. The third-order valence-electron chi connectivity index (χ3n) is 4.76. The Kier molecular flexibility index (Phi) is 2.13. The van der Waals surface area contributed by atoms with Crippen LogP contribution in [-0.4, -0.2) is 19.5 Å². The minimum absolute atomic E-state index is 0.438. The molecule has 3 heterocycles. The lowest BCUT2D eigenvalue weighted by Crippen LogP contribution is -2.14. The molecule has 2 aliphatic carbocycles. The summed E-state index contributed by atoms with van der Waals surface area (Å²) in [7, 11) is 0. The van der Waals surface area contributed by atoms with E-state index in [1.807, 2.05) is 17.7 Å². The fourth-order valence-electron chi connectivity index (χ4n) is 3.93. The molecule has 2 aliphatic rings. The van der Waals surface area contributed by atoms with Gasteiger partial charge in [-0.3, -0.25) is 0 Å². The summed E-state index contributed by atoms with van der Waals surface area (Å²) in [4.78, 5) is 12.8. The highest BCUT2D eigenvalue weighted by Gasteiger charge is 2.45. The third-order valence-corrected chi connectivity index (χ3v) is 5.82. The molecule has 1 fully saturated rings. The standard InChI is InChI=1S/C14H11ClN4S/c15-13-12-14(17-5-16-13)19(6-18-12)11-2-7-1-8(11)10-4-20-3-9(7)10/h3-8,11H,1-2H2/t7-,8-,11+/m1/s1. The number of fused-ring (bicyclic) bond motifs is 6. The first-order valence-electron chi connectivity index (χ1n) is 6.72. The fourth-order valence-corrected chi connectivity index (χ4v) is 5.10. The van der Waals surface area contributed by atoms with Crippen molar-refractivity contribution in [2.75, 3.05) is 0 Å². The molecule has 3 aromatic heterocycles. The molecule has 3 atom stereocenters. The van der Waals surface area contributed by atoms with E-state index in [0.29, 0.717) is 28.5 Å². The quantitative estimate of drug-likeness (QED) is 0.643. The maximum atomic E-state index is 6.09. The van der Waals surface area contributed by atoms with Gasteiger partial charge in [-0.05, 0) is 40.6 Å². The molecule has 3 aromatic rings. The molecule has 0 N–H and O–H groups in total. The van der Waals surface area contributed by atoms with E-state index in [1.165, 1.54) is 19.2 Å². The van der Waals surface area contributed by atoms with E-state index >= 15 is 0 Å². The topological polar surface area (TPSA) is 43.6 Å². The van der Waals surface area contributed by atoms with Crippen LogP contribution in [0.1, 0.15) is 41.8 Å². The SMILES string of the molecule is Clc1ncnc2c1ncn2[C@H]1C[C@H]2C[C@@H]1c1cscc12. The maximum Gasteiger partial charge on any atom is 0.165 e. The minimum Gasteiger partial charge on any atom is -0.311 e. The average Bonchev–Trinajstić information content (AvgIpc) is 3.19. The second kappa shape index (κ2) is 3.80. The van der Waals surface area contributed by atoms with Crippen LogP contribution in [0.4, 0.5) is 0 Å². The van der Waals surface area contributed by atoms with Crippen LogP contribution in [0, 0.1) is 0 Å². The van der Waals surface area contributed by atoms with Crippen molar-refractivity contribution in [1.29, 1.82) is 0 Å². The number of halogens is 1. The first-order chi connectivity index (χ1) is 9.83. The Hall–Kier alpha value is -1.46. The molecule has 0 saturated heterocycles. The second-order valence-corrected chi connectivity index (χ2v) is 6.71. The number of thiophene rings is 1. The van der Waals surface area contributed by atoms with Crippen LogP contribution < -0.4 is 0 Å². The molecule has 0 unspecified atom stereocenters. The third kappa shape index (κ3) is 1.29. The zero-order valence-corrected chi connectivity index (χ0v) is 12.1. The van der Waals surface area contributed by atoms with Crippen LogP contribution in [0.5, 0.6) is 0 Å². The number of aromatic nitrogens is 4. The number of imidazole rings is 1. The fraction of sp³-hybridized carbons (Fsp3) is 0.357. The molecular weight excluding hydrogens is 292 g/mol. The lowest BCUT2D eigenvalue weighted by Gasteiger charge is -2.23. The Labute approximate surface area is 124 Å². The van der Waals surface area contributed by atoms with Crippen molar-refractivity contribution in [1.82, 2.24) is 19.5 Å². The zero-order valence-electron chi connectivity index (χ0n) is 10.5. The van der Waals surface area contributed by atoms with Crippen LogP contribution in [0.15, 0.2) is 23.4 Å². The maximum absolute atomic E-state index is 6.09. The van der Waals surface area contributed by atoms with Gasteiger partial charge in [0.2, 0.25) is 0 Å². The van der Waals surface area contributed by atoms with Gasteiger partial charge >= 0.3 is 0 Å². The normalized spacial score (nSPS) is 27.4. The number of rotatable bonds is 1. The van der Waals surface area contributed by atoms with E-state index in [4.69, 9.17) is 11.6 Å². The molecular formula is C14H11ClN4S. The van der Waals surface area contributed by atoms with Gasteiger partial charge in [0.1, 0.15) is 11.8 Å². The van der Waals surface area contributed by atoms with Crippen LogP contribution >= 0.6 is 22.9 Å². The van der Waals surface area contributed by atoms with Gasteiger partial charge in [0.05, 0.1) is 6.33 Å². The van der Waals surface area contributed by atoms with E-state index < -0.39 is 0 Å². The van der Waals surface area contributed by atoms with E-state index in [-0.39, 0.29) is 0 Å². The summed E-state index contributed by atoms with van der Waals surface area (Å²) in [6, 6.07) is 0.457. The van der Waals surface area contributed by atoms with E-state index in [0.717, 1.165) is 5.65 Å². The van der Waals surface area contributed by atoms with Crippen LogP contribution in [0.3, 0.4) is 0 Å². The Morgan fingerprint density at radius 3 is 3.00 bits per heavy atom. The van der Waals surface area contributed by atoms with E-state index in [2.05, 4.69) is 30.3 Å². The van der Waals surface area contributed by atoms with Gasteiger partial charge in [-0.2, -0.15) is 11.3 Å². The van der Waals surface area contributed by atoms with E-state index in [1.54, 1.807) is 11.1 Å². The smallest absolute Gasteiger partial charge is 0.165 e. The van der Waals surface area contributed by atoms with Crippen molar-refractivity contribution >= 4 is 34.1 Å². The lowest BCUT2D eigenvalue weighted by atomic mass is 9.91. The average molecular weight is 303 g/mol. The zero-order chi connectivity index (χ0) is 13.3. The van der Waals surface area contributed by atoms with Crippen molar-refractivity contribution in [2.45, 2.75) is 30.7 Å². The number of hydrogen-bond acceptors (Lipinski definition) is 4. The van der Waals surface area contributed by atoms with Crippen molar-refractivity contribution in [3.8, 4) is 0 Å². The summed E-state index contributed by atoms with van der Waals surface area (Å²) in [5.41, 5.74) is 4.69. The highest BCUT2D eigenvalue weighted by Crippen LogP contribution is 2.59. The monoisotopic (exact) mass is 302 g/mol. The summed E-state index contributed by atoms with van der Waals surface area (Å²) < 4.78 is 2.20. The number of hydrogen-bond donors (Lipinski definition) is 0. The van der Waals surface area contributed by atoms with Gasteiger partial charge in [-0.15, -0.1) is 0 Å². The summed E-state index contributed by atoms with van der Waals surface area (Å²) in [6.45, 7) is 0. The summed E-state index contributed by atoms with van der Waals surface area (Å²) >= 11 is 7.92. The van der Waals surface area contributed by atoms with Gasteiger partial charge in [0, 0.05) is 12.0 Å². The molecule has 0 aliphatic heterocycles. The highest BCUT2D eigenvalue weighted by molar-refractivity contribution is 7.08. The predicted molar refractivity (Wildman–Crippen MR) is 78.4 cm³/mol. The summed E-state index contributed by atoms with van der Waals surface area (Å²) in [5, 5.41) is 5.07. The molecule has 0 spiro atoms. The molecule has 0 amide bonds. The highest BCUT2D eigenvalue weighted by atomic mass is 35.5. The van der Waals surface area contributed by atoms with Gasteiger partial charge in [0.15, 0.2) is 10.8 Å². The Morgan fingerprint density at radius 1 is 1.15 bits per heavy atom. The van der Waals surface area contributed by atoms with Crippen molar-refractivity contribution in [3.05, 3.63) is 39.7 Å². The van der Waals surface area contributed by atoms with Gasteiger partial charge in [-0.1, -0.05) is 11.6 Å². The van der Waals surface area contributed by atoms with Crippen LogP contribution in [-0.2, 0) is 0 Å². The molecule has 0 radical (unpaired) electrons. The molecule has 4 nitrogen and oxygen atoms in total. The largest absolute Gasteiger partial charge is 0.311 e. The lowest BCUT2D eigenvalue weighted by molar-refractivity contribution is 0.459. The van der Waals surface area contributed by atoms with Crippen LogP contribution in [0.25, 0.3) is 11.2 Å². The molecule has 20 heavy (non-hydrogen) atoms. The van der Waals surface area contributed by atoms with Crippen molar-refractivity contribution in [3.63, 3.8) is 0 Å². The molecule has 1 saturated carbocycles. The van der Waals surface area contributed by atoms with Gasteiger partial charge < -0.3 is 4.57 Å². The van der Waals surface area contributed by atoms with Gasteiger partial charge in [-0.25, -0.2) is 15.0 Å². The first kappa shape index (κ1) is 11.2. The molecule has 0 aromatic carbocycles. The minimum atomic E-state index is 0.438. The summed E-state index contributed by atoms with van der Waals surface area (Å²) in [6.07, 6.45) is 5.84.